The summed E-state index contributed by atoms with van der Waals surface area (Å²) in [5.41, 5.74) is 6.96. The van der Waals surface area contributed by atoms with Gasteiger partial charge in [0.1, 0.15) is 11.5 Å². The summed E-state index contributed by atoms with van der Waals surface area (Å²) in [5, 5.41) is 1.17. The van der Waals surface area contributed by atoms with Crippen molar-refractivity contribution in [2.45, 2.75) is 19.8 Å². The molecule has 8 heteroatoms. The number of rotatable bonds is 3. The zero-order valence-corrected chi connectivity index (χ0v) is 16.2. The largest absolute Gasteiger partial charge is 0.368 e. The normalized spacial score (nSPS) is 14.9. The van der Waals surface area contributed by atoms with E-state index in [4.69, 9.17) is 5.73 Å². The quantitative estimate of drug-likeness (QED) is 0.749. The van der Waals surface area contributed by atoms with Crippen molar-refractivity contribution in [2.24, 2.45) is 0 Å². The molecule has 3 aromatic rings. The lowest BCUT2D eigenvalue weighted by Crippen LogP contribution is -2.49. The SMILES string of the molecule is CC(C)c1cc(C(=O)N2CCN(c3nsc4ccccc34)CC2)nc(N)n1. The number of benzene rings is 1. The zero-order chi connectivity index (χ0) is 19.0. The summed E-state index contributed by atoms with van der Waals surface area (Å²) in [6, 6.07) is 10.0. The van der Waals surface area contributed by atoms with Crippen LogP contribution < -0.4 is 10.6 Å². The number of hydrogen-bond donors (Lipinski definition) is 1. The van der Waals surface area contributed by atoms with Gasteiger partial charge in [-0.15, -0.1) is 0 Å². The zero-order valence-electron chi connectivity index (χ0n) is 15.4. The van der Waals surface area contributed by atoms with Crippen molar-refractivity contribution < 1.29 is 4.79 Å². The molecule has 1 aromatic carbocycles. The highest BCUT2D eigenvalue weighted by molar-refractivity contribution is 7.13. The Morgan fingerprint density at radius 2 is 1.89 bits per heavy atom. The van der Waals surface area contributed by atoms with Crippen molar-refractivity contribution >= 4 is 39.3 Å². The minimum Gasteiger partial charge on any atom is -0.368 e. The second-order valence-electron chi connectivity index (χ2n) is 6.97. The van der Waals surface area contributed by atoms with Gasteiger partial charge in [-0.3, -0.25) is 4.79 Å². The van der Waals surface area contributed by atoms with Crippen LogP contribution in [0.4, 0.5) is 11.8 Å². The highest BCUT2D eigenvalue weighted by atomic mass is 32.1. The summed E-state index contributed by atoms with van der Waals surface area (Å²) in [6.45, 7) is 6.80. The predicted molar refractivity (Wildman–Crippen MR) is 108 cm³/mol. The second-order valence-corrected chi connectivity index (χ2v) is 7.78. The molecule has 1 fully saturated rings. The Labute approximate surface area is 162 Å². The van der Waals surface area contributed by atoms with Crippen LogP contribution in [-0.2, 0) is 0 Å². The molecule has 0 aliphatic carbocycles. The van der Waals surface area contributed by atoms with E-state index in [1.54, 1.807) is 6.07 Å². The van der Waals surface area contributed by atoms with Crippen LogP contribution >= 0.6 is 11.5 Å². The lowest BCUT2D eigenvalue weighted by atomic mass is 10.1. The van der Waals surface area contributed by atoms with Crippen LogP contribution in [0.25, 0.3) is 10.1 Å². The molecule has 140 valence electrons. The van der Waals surface area contributed by atoms with Crippen molar-refractivity contribution in [2.75, 3.05) is 36.8 Å². The standard InChI is InChI=1S/C19H22N6OS/c1-12(2)14-11-15(22-19(20)21-14)18(26)25-9-7-24(8-10-25)17-13-5-3-4-6-16(13)27-23-17/h3-6,11-12H,7-10H2,1-2H3,(H2,20,21,22). The molecule has 1 aliphatic rings. The van der Waals surface area contributed by atoms with Crippen molar-refractivity contribution in [3.63, 3.8) is 0 Å². The molecule has 1 saturated heterocycles. The van der Waals surface area contributed by atoms with E-state index in [-0.39, 0.29) is 17.8 Å². The van der Waals surface area contributed by atoms with Gasteiger partial charge >= 0.3 is 0 Å². The molecule has 0 saturated carbocycles. The summed E-state index contributed by atoms with van der Waals surface area (Å²) in [7, 11) is 0. The molecule has 1 aliphatic heterocycles. The number of hydrogen-bond acceptors (Lipinski definition) is 7. The predicted octanol–water partition coefficient (Wildman–Crippen LogP) is 2.75. The molecular formula is C19H22N6OS. The first-order valence-corrected chi connectivity index (χ1v) is 9.83. The van der Waals surface area contributed by atoms with Crippen LogP contribution in [0.3, 0.4) is 0 Å². The number of anilines is 2. The van der Waals surface area contributed by atoms with Crippen LogP contribution in [-0.4, -0.2) is 51.3 Å². The minimum absolute atomic E-state index is 0.0891. The highest BCUT2D eigenvalue weighted by Crippen LogP contribution is 2.30. The number of piperazine rings is 1. The number of fused-ring (bicyclic) bond motifs is 1. The van der Waals surface area contributed by atoms with E-state index in [0.717, 1.165) is 24.6 Å². The van der Waals surface area contributed by atoms with E-state index in [1.165, 1.54) is 21.6 Å². The number of amides is 1. The highest BCUT2D eigenvalue weighted by Gasteiger charge is 2.25. The van der Waals surface area contributed by atoms with Crippen LogP contribution in [0, 0.1) is 0 Å². The average Bonchev–Trinajstić information content (AvgIpc) is 3.11. The Kier molecular flexibility index (Phi) is 4.65. The van der Waals surface area contributed by atoms with Crippen molar-refractivity contribution in [1.29, 1.82) is 0 Å². The van der Waals surface area contributed by atoms with Gasteiger partial charge in [-0.25, -0.2) is 9.97 Å². The van der Waals surface area contributed by atoms with Gasteiger partial charge in [0, 0.05) is 37.3 Å². The first kappa shape index (κ1) is 17.7. The van der Waals surface area contributed by atoms with Gasteiger partial charge in [0.05, 0.1) is 4.70 Å². The number of aromatic nitrogens is 3. The molecule has 2 aromatic heterocycles. The molecule has 4 rings (SSSR count). The van der Waals surface area contributed by atoms with Crippen molar-refractivity contribution in [1.82, 2.24) is 19.2 Å². The Morgan fingerprint density at radius 3 is 2.63 bits per heavy atom. The summed E-state index contributed by atoms with van der Waals surface area (Å²) < 4.78 is 5.80. The topological polar surface area (TPSA) is 88.2 Å². The van der Waals surface area contributed by atoms with Crippen molar-refractivity contribution in [3.8, 4) is 0 Å². The van der Waals surface area contributed by atoms with Gasteiger partial charge in [-0.1, -0.05) is 26.0 Å². The molecule has 0 atom stereocenters. The number of nitrogen functional groups attached to an aromatic ring is 1. The number of carbonyl (C=O) groups excluding carboxylic acids is 1. The molecule has 2 N–H and O–H groups in total. The Balaban J connectivity index is 1.48. The molecule has 3 heterocycles. The number of carbonyl (C=O) groups is 1. The average molecular weight is 382 g/mol. The van der Waals surface area contributed by atoms with Crippen LogP contribution in [0.2, 0.25) is 0 Å². The number of nitrogens with zero attached hydrogens (tertiary/aromatic N) is 5. The van der Waals surface area contributed by atoms with E-state index in [1.807, 2.05) is 30.9 Å². The molecular weight excluding hydrogens is 360 g/mol. The number of nitrogens with two attached hydrogens (primary N) is 1. The van der Waals surface area contributed by atoms with E-state index in [2.05, 4.69) is 31.4 Å². The maximum Gasteiger partial charge on any atom is 0.272 e. The van der Waals surface area contributed by atoms with Gasteiger partial charge in [0.2, 0.25) is 5.95 Å². The minimum atomic E-state index is -0.0891. The van der Waals surface area contributed by atoms with Gasteiger partial charge < -0.3 is 15.5 Å². The fraction of sp³-hybridized carbons (Fsp3) is 0.368. The van der Waals surface area contributed by atoms with Gasteiger partial charge in [0.15, 0.2) is 0 Å². The second kappa shape index (κ2) is 7.11. The Morgan fingerprint density at radius 1 is 1.15 bits per heavy atom. The summed E-state index contributed by atoms with van der Waals surface area (Å²) in [5.74, 6) is 1.26. The molecule has 0 bridgehead atoms. The lowest BCUT2D eigenvalue weighted by molar-refractivity contribution is 0.0740. The third-order valence-electron chi connectivity index (χ3n) is 4.80. The third-order valence-corrected chi connectivity index (χ3v) is 5.62. The summed E-state index contributed by atoms with van der Waals surface area (Å²) in [6.07, 6.45) is 0. The molecule has 27 heavy (non-hydrogen) atoms. The van der Waals surface area contributed by atoms with Gasteiger partial charge in [-0.2, -0.15) is 4.37 Å². The van der Waals surface area contributed by atoms with Gasteiger partial charge in [-0.05, 0) is 35.6 Å². The van der Waals surface area contributed by atoms with Crippen LogP contribution in [0.5, 0.6) is 0 Å². The maximum absolute atomic E-state index is 12.9. The summed E-state index contributed by atoms with van der Waals surface area (Å²) >= 11 is 1.51. The smallest absolute Gasteiger partial charge is 0.272 e. The monoisotopic (exact) mass is 382 g/mol. The van der Waals surface area contributed by atoms with E-state index in [0.29, 0.717) is 18.8 Å². The van der Waals surface area contributed by atoms with Crippen LogP contribution in [0.1, 0.15) is 35.9 Å². The molecule has 7 nitrogen and oxygen atoms in total. The maximum atomic E-state index is 12.9. The lowest BCUT2D eigenvalue weighted by Gasteiger charge is -2.35. The molecule has 0 unspecified atom stereocenters. The Bertz CT molecular complexity index is 977. The first-order chi connectivity index (χ1) is 13.0. The van der Waals surface area contributed by atoms with E-state index in [9.17, 15) is 4.79 Å². The van der Waals surface area contributed by atoms with E-state index < -0.39 is 0 Å². The molecule has 0 radical (unpaired) electrons. The van der Waals surface area contributed by atoms with Crippen molar-refractivity contribution in [3.05, 3.63) is 41.7 Å². The Hall–Kier alpha value is -2.74. The van der Waals surface area contributed by atoms with Crippen LogP contribution in [0.15, 0.2) is 30.3 Å². The third kappa shape index (κ3) is 3.44. The molecule has 1 amide bonds. The fourth-order valence-corrected chi connectivity index (χ4v) is 4.07. The van der Waals surface area contributed by atoms with E-state index >= 15 is 0 Å². The summed E-state index contributed by atoms with van der Waals surface area (Å²) in [4.78, 5) is 25.3. The molecule has 0 spiro atoms. The first-order valence-electron chi connectivity index (χ1n) is 9.06. The van der Waals surface area contributed by atoms with Gasteiger partial charge in [0.25, 0.3) is 5.91 Å². The fourth-order valence-electron chi connectivity index (χ4n) is 3.27.